The maximum Gasteiger partial charge on any atom is 0.352 e. The Morgan fingerprint density at radius 3 is 2.74 bits per heavy atom. The Balaban J connectivity index is 1.73. The van der Waals surface area contributed by atoms with E-state index in [1.54, 1.807) is 7.05 Å². The van der Waals surface area contributed by atoms with Gasteiger partial charge in [-0.2, -0.15) is 0 Å². The van der Waals surface area contributed by atoms with Crippen molar-refractivity contribution in [3.05, 3.63) is 11.3 Å². The number of carboxylic acids is 1. The molecular formula is C14H16N6O5S2. The van der Waals surface area contributed by atoms with Crippen LogP contribution in [0.3, 0.4) is 0 Å². The molecule has 13 heteroatoms. The van der Waals surface area contributed by atoms with Gasteiger partial charge in [-0.1, -0.05) is 11.8 Å². The third kappa shape index (κ3) is 3.83. The molecule has 2 aliphatic rings. The van der Waals surface area contributed by atoms with Crippen molar-refractivity contribution in [2.24, 2.45) is 7.05 Å². The van der Waals surface area contributed by atoms with E-state index in [-0.39, 0.29) is 17.9 Å². The number of β-lactam (4-membered cyclic amide) rings is 1. The number of tetrazole rings is 1. The minimum atomic E-state index is -1.20. The van der Waals surface area contributed by atoms with Crippen LogP contribution in [0.25, 0.3) is 0 Å². The molecule has 1 unspecified atom stereocenters. The second kappa shape index (κ2) is 7.68. The van der Waals surface area contributed by atoms with Gasteiger partial charge in [-0.25, -0.2) is 9.48 Å². The van der Waals surface area contributed by atoms with Gasteiger partial charge in [0.25, 0.3) is 5.91 Å². The molecule has 1 fully saturated rings. The lowest BCUT2D eigenvalue weighted by Gasteiger charge is -2.49. The largest absolute Gasteiger partial charge is 0.477 e. The monoisotopic (exact) mass is 412 g/mol. The second-order valence-corrected chi connectivity index (χ2v) is 8.01. The van der Waals surface area contributed by atoms with E-state index in [9.17, 15) is 24.3 Å². The zero-order chi connectivity index (χ0) is 19.7. The van der Waals surface area contributed by atoms with Gasteiger partial charge in [0.15, 0.2) is 0 Å². The van der Waals surface area contributed by atoms with Crippen LogP contribution >= 0.6 is 23.5 Å². The molecule has 2 atom stereocenters. The highest BCUT2D eigenvalue weighted by Crippen LogP contribution is 2.41. The van der Waals surface area contributed by atoms with Crippen LogP contribution in [-0.4, -0.2) is 76.7 Å². The summed E-state index contributed by atoms with van der Waals surface area (Å²) in [4.78, 5) is 48.2. The summed E-state index contributed by atoms with van der Waals surface area (Å²) < 4.78 is 1.47. The van der Waals surface area contributed by atoms with E-state index in [2.05, 4.69) is 20.8 Å². The first kappa shape index (κ1) is 19.4. The van der Waals surface area contributed by atoms with Gasteiger partial charge < -0.3 is 10.4 Å². The van der Waals surface area contributed by atoms with E-state index in [1.807, 2.05) is 0 Å². The van der Waals surface area contributed by atoms with Gasteiger partial charge in [-0.3, -0.25) is 19.3 Å². The average molecular weight is 412 g/mol. The van der Waals surface area contributed by atoms with Crippen LogP contribution < -0.4 is 5.32 Å². The fourth-order valence-electron chi connectivity index (χ4n) is 2.74. The highest BCUT2D eigenvalue weighted by Gasteiger charge is 2.54. The number of thioether (sulfide) groups is 2. The number of ketones is 1. The fourth-order valence-corrected chi connectivity index (χ4v) is 5.08. The number of carboxylic acid groups (broad SMARTS) is 1. The predicted molar refractivity (Wildman–Crippen MR) is 94.5 cm³/mol. The van der Waals surface area contributed by atoms with Crippen molar-refractivity contribution >= 4 is 47.1 Å². The first-order valence-corrected chi connectivity index (χ1v) is 9.87. The van der Waals surface area contributed by atoms with Gasteiger partial charge >= 0.3 is 5.97 Å². The van der Waals surface area contributed by atoms with Crippen molar-refractivity contribution in [1.29, 1.82) is 0 Å². The van der Waals surface area contributed by atoms with Crippen molar-refractivity contribution in [1.82, 2.24) is 30.4 Å². The molecule has 27 heavy (non-hydrogen) atoms. The molecule has 3 heterocycles. The van der Waals surface area contributed by atoms with Crippen molar-refractivity contribution in [2.75, 3.05) is 11.5 Å². The van der Waals surface area contributed by atoms with E-state index >= 15 is 0 Å². The SMILES string of the molecule is CC(=O)CC(=O)NC1C(=O)N2C(C(=O)O)=C(CSc3nnnn3C)CS[C@H]12. The van der Waals surface area contributed by atoms with E-state index in [0.29, 0.717) is 22.2 Å². The topological polar surface area (TPSA) is 147 Å². The molecule has 1 saturated heterocycles. The smallest absolute Gasteiger partial charge is 0.352 e. The van der Waals surface area contributed by atoms with Crippen LogP contribution in [0.1, 0.15) is 13.3 Å². The predicted octanol–water partition coefficient (Wildman–Crippen LogP) is -0.980. The molecule has 1 aromatic rings. The molecule has 0 aliphatic carbocycles. The van der Waals surface area contributed by atoms with E-state index in [1.165, 1.54) is 40.0 Å². The minimum absolute atomic E-state index is 0.0663. The average Bonchev–Trinajstić information content (AvgIpc) is 3.01. The molecule has 0 aromatic carbocycles. The maximum absolute atomic E-state index is 12.4. The zero-order valence-corrected chi connectivity index (χ0v) is 16.0. The molecule has 2 amide bonds. The number of fused-ring (bicyclic) bond motifs is 1. The second-order valence-electron chi connectivity index (χ2n) is 5.96. The summed E-state index contributed by atoms with van der Waals surface area (Å²) in [5, 5.41) is 23.2. The highest BCUT2D eigenvalue weighted by atomic mass is 32.2. The number of nitrogens with one attached hydrogen (secondary N) is 1. The Bertz CT molecular complexity index is 853. The van der Waals surface area contributed by atoms with Gasteiger partial charge in [-0.15, -0.1) is 16.9 Å². The fraction of sp³-hybridized carbons (Fsp3) is 0.500. The van der Waals surface area contributed by atoms with Gasteiger partial charge in [0, 0.05) is 18.6 Å². The molecule has 0 spiro atoms. The summed E-state index contributed by atoms with van der Waals surface area (Å²) in [7, 11) is 1.67. The molecule has 3 rings (SSSR count). The van der Waals surface area contributed by atoms with E-state index < -0.39 is 29.2 Å². The number of aliphatic carboxylic acids is 1. The van der Waals surface area contributed by atoms with Crippen LogP contribution in [0.4, 0.5) is 0 Å². The Kier molecular flexibility index (Phi) is 5.51. The number of amides is 2. The summed E-state index contributed by atoms with van der Waals surface area (Å²) in [6.45, 7) is 1.28. The number of nitrogens with zero attached hydrogens (tertiary/aromatic N) is 5. The van der Waals surface area contributed by atoms with Crippen LogP contribution in [0.5, 0.6) is 0 Å². The van der Waals surface area contributed by atoms with Crippen LogP contribution in [-0.2, 0) is 26.2 Å². The first-order chi connectivity index (χ1) is 12.8. The highest BCUT2D eigenvalue weighted by molar-refractivity contribution is 8.01. The zero-order valence-electron chi connectivity index (χ0n) is 14.4. The summed E-state index contributed by atoms with van der Waals surface area (Å²) in [5.41, 5.74) is 0.516. The number of aromatic nitrogens is 4. The van der Waals surface area contributed by atoms with Crippen LogP contribution in [0.15, 0.2) is 16.4 Å². The molecule has 0 radical (unpaired) electrons. The molecular weight excluding hydrogens is 396 g/mol. The van der Waals surface area contributed by atoms with E-state index in [0.717, 1.165) is 0 Å². The Hall–Kier alpha value is -2.41. The summed E-state index contributed by atoms with van der Waals surface area (Å²) in [6.07, 6.45) is -0.309. The molecule has 144 valence electrons. The molecule has 1 aromatic heterocycles. The molecule has 2 N–H and O–H groups in total. The normalized spacial score (nSPS) is 21.6. The Labute approximate surface area is 161 Å². The number of carbonyl (C=O) groups excluding carboxylic acids is 3. The van der Waals surface area contributed by atoms with Crippen molar-refractivity contribution in [2.45, 2.75) is 29.9 Å². The Morgan fingerprint density at radius 2 is 2.15 bits per heavy atom. The number of rotatable bonds is 7. The summed E-state index contributed by atoms with van der Waals surface area (Å²) in [5.74, 6) is -1.83. The molecule has 0 saturated carbocycles. The Morgan fingerprint density at radius 1 is 1.41 bits per heavy atom. The summed E-state index contributed by atoms with van der Waals surface area (Å²) >= 11 is 2.64. The van der Waals surface area contributed by atoms with Crippen molar-refractivity contribution in [3.63, 3.8) is 0 Å². The maximum atomic E-state index is 12.4. The molecule has 11 nitrogen and oxygen atoms in total. The van der Waals surface area contributed by atoms with Crippen molar-refractivity contribution < 1.29 is 24.3 Å². The van der Waals surface area contributed by atoms with Gasteiger partial charge in [-0.05, 0) is 22.9 Å². The quantitative estimate of drug-likeness (QED) is 0.325. The summed E-state index contributed by atoms with van der Waals surface area (Å²) in [6, 6.07) is -0.826. The number of aryl methyl sites for hydroxylation is 1. The van der Waals surface area contributed by atoms with Gasteiger partial charge in [0.05, 0.1) is 6.42 Å². The minimum Gasteiger partial charge on any atom is -0.477 e. The van der Waals surface area contributed by atoms with E-state index in [4.69, 9.17) is 0 Å². The number of hydrogen-bond acceptors (Lipinski definition) is 9. The van der Waals surface area contributed by atoms with Gasteiger partial charge in [0.1, 0.15) is 22.9 Å². The number of hydrogen-bond donors (Lipinski definition) is 2. The lowest BCUT2D eigenvalue weighted by atomic mass is 10.0. The molecule has 0 bridgehead atoms. The first-order valence-electron chi connectivity index (χ1n) is 7.83. The lowest BCUT2D eigenvalue weighted by molar-refractivity contribution is -0.150. The third-order valence-corrected chi connectivity index (χ3v) is 6.37. The van der Waals surface area contributed by atoms with Crippen LogP contribution in [0, 0.1) is 0 Å². The van der Waals surface area contributed by atoms with Gasteiger partial charge in [0.2, 0.25) is 11.1 Å². The van der Waals surface area contributed by atoms with Crippen LogP contribution in [0.2, 0.25) is 0 Å². The lowest BCUT2D eigenvalue weighted by Crippen LogP contribution is -2.70. The van der Waals surface area contributed by atoms with Crippen molar-refractivity contribution in [3.8, 4) is 0 Å². The standard InChI is InChI=1S/C14H16N6O5S2/c1-6(21)3-8(22)15-9-11(23)20-10(13(24)25)7(4-26-12(9)20)5-27-14-16-17-18-19(14)2/h9,12H,3-5H2,1-2H3,(H,15,22)(H,24,25)/t9?,12-/m1/s1. The third-order valence-electron chi connectivity index (χ3n) is 3.93. The number of carbonyl (C=O) groups is 4. The number of Topliss-reactive ketones (excluding diaryl/α,β-unsaturated/α-hetero) is 1. The molecule has 2 aliphatic heterocycles.